The minimum Gasteiger partial charge on any atom is -0.462 e. The molecule has 0 spiro atoms. The Hall–Kier alpha value is -3.68. The van der Waals surface area contributed by atoms with Crippen molar-refractivity contribution in [2.24, 2.45) is 5.92 Å². The third kappa shape index (κ3) is 39.4. The van der Waals surface area contributed by atoms with Gasteiger partial charge in [0.1, 0.15) is 0 Å². The highest BCUT2D eigenvalue weighted by atomic mass is 16.5. The van der Waals surface area contributed by atoms with Gasteiger partial charge in [0.2, 0.25) is 0 Å². The number of rotatable bonds is 48. The molecule has 0 amide bonds. The Morgan fingerprint density at radius 1 is 0.288 bits per heavy atom. The van der Waals surface area contributed by atoms with E-state index in [1.165, 1.54) is 199 Å². The van der Waals surface area contributed by atoms with Gasteiger partial charge in [-0.25, -0.2) is 19.2 Å². The van der Waals surface area contributed by atoms with Gasteiger partial charge in [-0.05, 0) is 55.9 Å². The molecule has 8 nitrogen and oxygen atoms in total. The minimum atomic E-state index is -0.438. The molecule has 0 N–H and O–H groups in total. The normalized spacial score (nSPS) is 11.0. The van der Waals surface area contributed by atoms with Crippen molar-refractivity contribution in [2.45, 2.75) is 285 Å². The molecule has 2 aromatic carbocycles. The second kappa shape index (κ2) is 50.5. The number of ether oxygens (including phenoxy) is 4. The molecule has 0 aromatic heterocycles. The molecule has 0 aliphatic rings. The van der Waals surface area contributed by atoms with Crippen molar-refractivity contribution in [1.82, 2.24) is 0 Å². The fourth-order valence-corrected chi connectivity index (χ4v) is 9.13. The lowest BCUT2D eigenvalue weighted by molar-refractivity contribution is 0.0450. The van der Waals surface area contributed by atoms with Crippen LogP contribution in [-0.4, -0.2) is 50.3 Å². The number of unbranched alkanes of at least 4 members (excludes halogenated alkanes) is 34. The monoisotopic (exact) mass is 1020 g/mol. The largest absolute Gasteiger partial charge is 0.462 e. The summed E-state index contributed by atoms with van der Waals surface area (Å²) in [5.41, 5.74) is 1.21. The minimum absolute atomic E-state index is 0.299. The third-order valence-corrected chi connectivity index (χ3v) is 13.8. The Bertz CT molecular complexity index is 1540. The smallest absolute Gasteiger partial charge is 0.339 e. The molecule has 2 rings (SSSR count). The molecular weight excluding hydrogens is 909 g/mol. The zero-order valence-electron chi connectivity index (χ0n) is 47.9. The van der Waals surface area contributed by atoms with Crippen LogP contribution >= 0.6 is 0 Å². The molecular formula is C65H110O8. The van der Waals surface area contributed by atoms with Crippen molar-refractivity contribution in [1.29, 1.82) is 0 Å². The predicted molar refractivity (Wildman–Crippen MR) is 306 cm³/mol. The topological polar surface area (TPSA) is 105 Å². The van der Waals surface area contributed by atoms with Crippen LogP contribution in [0.1, 0.15) is 326 Å². The van der Waals surface area contributed by atoms with Crippen molar-refractivity contribution in [3.8, 4) is 0 Å². The average Bonchev–Trinajstić information content (AvgIpc) is 3.40. The van der Waals surface area contributed by atoms with Crippen LogP contribution in [-0.2, 0) is 18.9 Å². The highest BCUT2D eigenvalue weighted by molar-refractivity contribution is 6.03. The fourth-order valence-electron chi connectivity index (χ4n) is 9.13. The van der Waals surface area contributed by atoms with E-state index in [4.69, 9.17) is 18.9 Å². The van der Waals surface area contributed by atoms with Gasteiger partial charge in [-0.15, -0.1) is 0 Å². The first-order valence-corrected chi connectivity index (χ1v) is 30.6. The Balaban J connectivity index is 0.000000732. The number of esters is 4. The highest BCUT2D eigenvalue weighted by Gasteiger charge is 2.20. The summed E-state index contributed by atoms with van der Waals surface area (Å²) in [6.07, 6.45) is 48.3. The van der Waals surface area contributed by atoms with Crippen molar-refractivity contribution < 1.29 is 38.1 Å². The van der Waals surface area contributed by atoms with E-state index in [1.807, 2.05) is 0 Å². The zero-order valence-corrected chi connectivity index (χ0v) is 47.9. The van der Waals surface area contributed by atoms with E-state index in [2.05, 4.69) is 34.6 Å². The number of carbonyl (C=O) groups is 4. The molecule has 0 radical (unpaired) electrons. The number of carbonyl (C=O) groups excluding carboxylic acids is 4. The summed E-state index contributed by atoms with van der Waals surface area (Å²) in [4.78, 5) is 50.3. The first-order valence-electron chi connectivity index (χ1n) is 30.6. The van der Waals surface area contributed by atoms with Crippen LogP contribution < -0.4 is 0 Å². The molecule has 0 bridgehead atoms. The highest BCUT2D eigenvalue weighted by Crippen LogP contribution is 2.18. The van der Waals surface area contributed by atoms with Gasteiger partial charge in [0.15, 0.2) is 0 Å². The summed E-state index contributed by atoms with van der Waals surface area (Å²) in [7, 11) is 0. The maximum atomic E-state index is 12.6. The quantitative estimate of drug-likeness (QED) is 0.0367. The second-order valence-corrected chi connectivity index (χ2v) is 21.2. The summed E-state index contributed by atoms with van der Waals surface area (Å²) >= 11 is 0. The standard InChI is InChI=1S/C34H58O4.C31H52O4/c1-3-5-7-9-11-13-15-17-19-21-25-29-37-33(35)31-27-23-24-28-32(31)34(36)38-30-26-22-20-18-16-14-12-10-8-6-4-2;1-4-5-6-7-8-9-10-11-12-15-20-25-34-30(32)28-23-18-19-24-29(28)31(33)35-26-21-16-13-14-17-22-27(2)3/h23-24,27-28H,3-22,25-26,29-30H2,1-2H3;18-19,23-24,27H,4-17,20-22,25-26H2,1-3H3. The van der Waals surface area contributed by atoms with Crippen LogP contribution in [0.5, 0.6) is 0 Å². The van der Waals surface area contributed by atoms with E-state index in [-0.39, 0.29) is 0 Å². The van der Waals surface area contributed by atoms with Crippen molar-refractivity contribution in [3.63, 3.8) is 0 Å². The molecule has 0 aliphatic carbocycles. The van der Waals surface area contributed by atoms with Crippen LogP contribution in [0, 0.1) is 5.92 Å². The summed E-state index contributed by atoms with van der Waals surface area (Å²) in [5.74, 6) is -0.970. The van der Waals surface area contributed by atoms with Crippen molar-refractivity contribution in [3.05, 3.63) is 70.8 Å². The summed E-state index contributed by atoms with van der Waals surface area (Å²) in [6, 6.07) is 13.6. The molecule has 0 fully saturated rings. The number of hydrogen-bond donors (Lipinski definition) is 0. The van der Waals surface area contributed by atoms with Gasteiger partial charge < -0.3 is 18.9 Å². The molecule has 418 valence electrons. The molecule has 0 saturated carbocycles. The van der Waals surface area contributed by atoms with Crippen LogP contribution in [0.2, 0.25) is 0 Å². The van der Waals surface area contributed by atoms with Crippen LogP contribution in [0.25, 0.3) is 0 Å². The number of hydrogen-bond acceptors (Lipinski definition) is 8. The second-order valence-electron chi connectivity index (χ2n) is 21.2. The van der Waals surface area contributed by atoms with E-state index in [1.54, 1.807) is 48.5 Å². The van der Waals surface area contributed by atoms with Crippen LogP contribution in [0.3, 0.4) is 0 Å². The lowest BCUT2D eigenvalue weighted by Crippen LogP contribution is -2.15. The van der Waals surface area contributed by atoms with E-state index in [9.17, 15) is 19.2 Å². The van der Waals surface area contributed by atoms with Gasteiger partial charge in [-0.1, -0.05) is 284 Å². The lowest BCUT2D eigenvalue weighted by Gasteiger charge is -2.10. The van der Waals surface area contributed by atoms with Gasteiger partial charge in [0.25, 0.3) is 0 Å². The first-order chi connectivity index (χ1) is 35.8. The molecule has 0 unspecified atom stereocenters. The van der Waals surface area contributed by atoms with Crippen LogP contribution in [0.15, 0.2) is 48.5 Å². The molecule has 2 aromatic rings. The third-order valence-electron chi connectivity index (χ3n) is 13.8. The molecule has 0 saturated heterocycles. The molecule has 0 atom stereocenters. The maximum absolute atomic E-state index is 12.6. The first kappa shape index (κ1) is 67.3. The van der Waals surface area contributed by atoms with Gasteiger partial charge in [-0.2, -0.15) is 0 Å². The summed E-state index contributed by atoms with van der Waals surface area (Å²) in [5, 5.41) is 0. The van der Waals surface area contributed by atoms with Crippen molar-refractivity contribution in [2.75, 3.05) is 26.4 Å². The van der Waals surface area contributed by atoms with Gasteiger partial charge in [0.05, 0.1) is 48.7 Å². The maximum Gasteiger partial charge on any atom is 0.339 e. The molecule has 0 aliphatic heterocycles. The van der Waals surface area contributed by atoms with E-state index >= 15 is 0 Å². The molecule has 73 heavy (non-hydrogen) atoms. The molecule has 0 heterocycles. The Morgan fingerprint density at radius 2 is 0.466 bits per heavy atom. The zero-order chi connectivity index (χ0) is 53.1. The van der Waals surface area contributed by atoms with E-state index in [0.29, 0.717) is 48.7 Å². The van der Waals surface area contributed by atoms with Gasteiger partial charge >= 0.3 is 23.9 Å². The number of benzene rings is 2. The van der Waals surface area contributed by atoms with E-state index < -0.39 is 23.9 Å². The Kier molecular flexibility index (Phi) is 46.6. The van der Waals surface area contributed by atoms with Crippen LogP contribution in [0.4, 0.5) is 0 Å². The van der Waals surface area contributed by atoms with Crippen molar-refractivity contribution >= 4 is 23.9 Å². The Labute approximate surface area is 448 Å². The Morgan fingerprint density at radius 3 is 0.658 bits per heavy atom. The fraction of sp³-hybridized carbons (Fsp3) is 0.754. The average molecular weight is 1020 g/mol. The summed E-state index contributed by atoms with van der Waals surface area (Å²) < 4.78 is 21.8. The summed E-state index contributed by atoms with van der Waals surface area (Å²) in [6.45, 7) is 12.9. The molecule has 8 heteroatoms. The van der Waals surface area contributed by atoms with Gasteiger partial charge in [0, 0.05) is 0 Å². The van der Waals surface area contributed by atoms with Gasteiger partial charge in [-0.3, -0.25) is 0 Å². The van der Waals surface area contributed by atoms with E-state index in [0.717, 1.165) is 57.3 Å². The lowest BCUT2D eigenvalue weighted by atomic mass is 10.0. The SMILES string of the molecule is CCCCCCCCCCCCCOC(=O)c1ccccc1C(=O)OCCCCCCCC(C)C.CCCCCCCCCCCCCOC(=O)c1ccccc1C(=O)OCCCCCCCCCCCCC. The predicted octanol–water partition coefficient (Wildman–Crippen LogP) is 19.9.